The second kappa shape index (κ2) is 12.0. The number of thioether (sulfide) groups is 1. The molecule has 0 radical (unpaired) electrons. The minimum Gasteiger partial charge on any atom is -0.158 e. The van der Waals surface area contributed by atoms with Gasteiger partial charge in [0.15, 0.2) is 0 Å². The number of hydrogen-bond donors (Lipinski definition) is 0. The van der Waals surface area contributed by atoms with Gasteiger partial charge in [0.2, 0.25) is 0 Å². The lowest BCUT2D eigenvalue weighted by Gasteiger charge is -2.14. The number of alkyl halides is 4. The minimum atomic E-state index is 0.211. The van der Waals surface area contributed by atoms with E-state index in [-0.39, 0.29) is 5.38 Å². The van der Waals surface area contributed by atoms with Gasteiger partial charge in [-0.2, -0.15) is 11.8 Å². The van der Waals surface area contributed by atoms with Gasteiger partial charge in [-0.15, -0.1) is 46.4 Å². The van der Waals surface area contributed by atoms with Gasteiger partial charge in [-0.3, -0.25) is 0 Å². The summed E-state index contributed by atoms with van der Waals surface area (Å²) >= 11 is 25.1. The van der Waals surface area contributed by atoms with E-state index in [4.69, 9.17) is 46.4 Å². The smallest absolute Gasteiger partial charge is 0.0355 e. The molecule has 0 aromatic rings. The molecule has 92 valence electrons. The Bertz CT molecular complexity index is 129. The molecule has 0 spiro atoms. The monoisotopic (exact) mass is 310 g/mol. The Balaban J connectivity index is 3.51. The van der Waals surface area contributed by atoms with Crippen molar-refractivity contribution in [1.29, 1.82) is 0 Å². The van der Waals surface area contributed by atoms with E-state index >= 15 is 0 Å². The van der Waals surface area contributed by atoms with Crippen molar-refractivity contribution in [2.24, 2.45) is 0 Å². The predicted octanol–water partition coefficient (Wildman–Crippen LogP) is 4.97. The van der Waals surface area contributed by atoms with Gasteiger partial charge < -0.3 is 0 Å². The predicted molar refractivity (Wildman–Crippen MR) is 76.5 cm³/mol. The Morgan fingerprint density at radius 2 is 1.33 bits per heavy atom. The Kier molecular flexibility index (Phi) is 13.2. The van der Waals surface area contributed by atoms with E-state index < -0.39 is 0 Å². The Labute approximate surface area is 117 Å². The van der Waals surface area contributed by atoms with Crippen LogP contribution >= 0.6 is 58.2 Å². The molecule has 0 bridgehead atoms. The molecule has 15 heavy (non-hydrogen) atoms. The van der Waals surface area contributed by atoms with E-state index in [9.17, 15) is 0 Å². The van der Waals surface area contributed by atoms with Crippen LogP contribution < -0.4 is 0 Å². The minimum absolute atomic E-state index is 0.211. The summed E-state index contributed by atoms with van der Waals surface area (Å²) < 4.78 is 0. The van der Waals surface area contributed by atoms with Gasteiger partial charge in [-0.05, 0) is 31.4 Å². The molecule has 0 fully saturated rings. The lowest BCUT2D eigenvalue weighted by atomic mass is 10.3. The highest BCUT2D eigenvalue weighted by Crippen LogP contribution is 2.22. The van der Waals surface area contributed by atoms with Gasteiger partial charge in [0.25, 0.3) is 0 Å². The quantitative estimate of drug-likeness (QED) is 0.513. The number of hydrogen-bond acceptors (Lipinski definition) is 1. The summed E-state index contributed by atoms with van der Waals surface area (Å²) in [7, 11) is 0. The van der Waals surface area contributed by atoms with Gasteiger partial charge >= 0.3 is 0 Å². The van der Waals surface area contributed by atoms with Crippen molar-refractivity contribution >= 4 is 58.2 Å². The van der Waals surface area contributed by atoms with Gasteiger partial charge in [-0.25, -0.2) is 0 Å². The molecule has 5 heteroatoms. The normalized spacial score (nSPS) is 13.4. The van der Waals surface area contributed by atoms with Crippen LogP contribution in [0.4, 0.5) is 0 Å². The Hall–Kier alpha value is 1.51. The summed E-state index contributed by atoms with van der Waals surface area (Å²) in [4.78, 5) is 0. The van der Waals surface area contributed by atoms with Gasteiger partial charge in [0.1, 0.15) is 0 Å². The first kappa shape index (κ1) is 16.5. The first-order valence-corrected chi connectivity index (χ1v) is 8.27. The fourth-order valence-electron chi connectivity index (χ4n) is 1.18. The van der Waals surface area contributed by atoms with Crippen LogP contribution in [0.1, 0.15) is 25.7 Å². The molecular weight excluding hydrogens is 294 g/mol. The maximum atomic E-state index is 6.07. The molecule has 1 atom stereocenters. The third kappa shape index (κ3) is 10.4. The molecular formula is C10H18Cl4S. The van der Waals surface area contributed by atoms with Crippen molar-refractivity contribution < 1.29 is 0 Å². The van der Waals surface area contributed by atoms with Crippen LogP contribution in [0, 0.1) is 0 Å². The Morgan fingerprint density at radius 1 is 0.800 bits per heavy atom. The molecule has 0 N–H and O–H groups in total. The van der Waals surface area contributed by atoms with Crippen LogP contribution in [0.2, 0.25) is 0 Å². The zero-order chi connectivity index (χ0) is 11.5. The van der Waals surface area contributed by atoms with Crippen LogP contribution in [-0.4, -0.2) is 34.0 Å². The Morgan fingerprint density at radius 3 is 1.80 bits per heavy atom. The third-order valence-electron chi connectivity index (χ3n) is 2.07. The van der Waals surface area contributed by atoms with Crippen LogP contribution in [0.5, 0.6) is 0 Å². The highest BCUT2D eigenvalue weighted by Gasteiger charge is 2.09. The van der Waals surface area contributed by atoms with Crippen LogP contribution in [0.25, 0.3) is 0 Å². The molecule has 0 heterocycles. The number of halogens is 4. The molecule has 0 saturated heterocycles. The zero-order valence-electron chi connectivity index (χ0n) is 8.73. The highest BCUT2D eigenvalue weighted by molar-refractivity contribution is 7.99. The average molecular weight is 312 g/mol. The van der Waals surface area contributed by atoms with Crippen molar-refractivity contribution in [2.45, 2.75) is 36.3 Å². The summed E-state index contributed by atoms with van der Waals surface area (Å²) in [6.07, 6.45) is 3.96. The van der Waals surface area contributed by atoms with Crippen molar-refractivity contribution in [3.63, 3.8) is 0 Å². The maximum absolute atomic E-state index is 6.07. The molecule has 0 aliphatic carbocycles. The lowest BCUT2D eigenvalue weighted by Crippen LogP contribution is -2.08. The standard InChI is InChI=1S/C10H18Cl4S/c11-5-1-9(14)4-8-15-10(2-6-12)3-7-13/h9-10H,1-8H2. The molecule has 0 aliphatic rings. The van der Waals surface area contributed by atoms with Gasteiger partial charge in [-0.1, -0.05) is 0 Å². The fraction of sp³-hybridized carbons (Fsp3) is 1.00. The molecule has 0 aromatic heterocycles. The molecule has 0 nitrogen and oxygen atoms in total. The SMILES string of the molecule is ClCCC(Cl)CCSC(CCCl)CCCl. The van der Waals surface area contributed by atoms with E-state index in [0.717, 1.165) is 31.4 Å². The van der Waals surface area contributed by atoms with E-state index in [1.54, 1.807) is 0 Å². The first-order chi connectivity index (χ1) is 7.24. The molecule has 0 aliphatic heterocycles. The summed E-state index contributed by atoms with van der Waals surface area (Å²) in [5.74, 6) is 3.14. The largest absolute Gasteiger partial charge is 0.158 e. The molecule has 0 rings (SSSR count). The summed E-state index contributed by atoms with van der Waals surface area (Å²) in [5, 5.41) is 0.794. The fourth-order valence-corrected chi connectivity index (χ4v) is 4.01. The first-order valence-electron chi connectivity index (χ1n) is 5.18. The molecule has 0 amide bonds. The lowest BCUT2D eigenvalue weighted by molar-refractivity contribution is 0.775. The van der Waals surface area contributed by atoms with Crippen LogP contribution in [-0.2, 0) is 0 Å². The highest BCUT2D eigenvalue weighted by atomic mass is 35.5. The van der Waals surface area contributed by atoms with E-state index in [1.807, 2.05) is 11.8 Å². The van der Waals surface area contributed by atoms with Crippen LogP contribution in [0.3, 0.4) is 0 Å². The number of rotatable bonds is 10. The van der Waals surface area contributed by atoms with Crippen molar-refractivity contribution in [3.8, 4) is 0 Å². The zero-order valence-corrected chi connectivity index (χ0v) is 12.6. The summed E-state index contributed by atoms with van der Waals surface area (Å²) in [6.45, 7) is 0. The topological polar surface area (TPSA) is 0 Å². The maximum Gasteiger partial charge on any atom is 0.0355 e. The van der Waals surface area contributed by atoms with Crippen molar-refractivity contribution in [2.75, 3.05) is 23.4 Å². The van der Waals surface area contributed by atoms with Gasteiger partial charge in [0.05, 0.1) is 0 Å². The van der Waals surface area contributed by atoms with E-state index in [1.165, 1.54) is 0 Å². The third-order valence-corrected chi connectivity index (χ3v) is 4.57. The molecule has 0 saturated carbocycles. The van der Waals surface area contributed by atoms with Gasteiger partial charge in [0, 0.05) is 28.3 Å². The van der Waals surface area contributed by atoms with Crippen molar-refractivity contribution in [1.82, 2.24) is 0 Å². The van der Waals surface area contributed by atoms with Crippen LogP contribution in [0.15, 0.2) is 0 Å². The molecule has 1 unspecified atom stereocenters. The van der Waals surface area contributed by atoms with E-state index in [2.05, 4.69) is 0 Å². The second-order valence-electron chi connectivity index (χ2n) is 3.31. The van der Waals surface area contributed by atoms with Crippen molar-refractivity contribution in [3.05, 3.63) is 0 Å². The average Bonchev–Trinajstić information content (AvgIpc) is 2.19. The molecule has 0 aromatic carbocycles. The summed E-state index contributed by atoms with van der Waals surface area (Å²) in [5.41, 5.74) is 0. The van der Waals surface area contributed by atoms with E-state index in [0.29, 0.717) is 22.9 Å². The second-order valence-corrected chi connectivity index (χ2v) is 6.47. The summed E-state index contributed by atoms with van der Waals surface area (Å²) in [6, 6.07) is 0.